The Kier molecular flexibility index (Phi) is 1.77. The Bertz CT molecular complexity index is 247. The average Bonchev–Trinajstić information content (AvgIpc) is 2.62. The summed E-state index contributed by atoms with van der Waals surface area (Å²) in [6, 6.07) is 0. The van der Waals surface area contributed by atoms with Crippen molar-refractivity contribution < 1.29 is 14.4 Å². The standard InChI is InChI=1S/C8H11NO3/c1-11-8(10)6-3-2-5-4-9-12-7(5)6/h5,9H,2-4H2,1H3. The van der Waals surface area contributed by atoms with Gasteiger partial charge in [0.2, 0.25) is 0 Å². The Balaban J connectivity index is 2.24. The molecular formula is C8H11NO3. The van der Waals surface area contributed by atoms with Crippen molar-refractivity contribution in [3.05, 3.63) is 11.3 Å². The van der Waals surface area contributed by atoms with Gasteiger partial charge in [0.25, 0.3) is 0 Å². The van der Waals surface area contributed by atoms with Crippen LogP contribution in [0.5, 0.6) is 0 Å². The molecule has 1 atom stereocenters. The predicted molar refractivity (Wildman–Crippen MR) is 40.9 cm³/mol. The zero-order valence-electron chi connectivity index (χ0n) is 6.92. The minimum Gasteiger partial charge on any atom is -0.466 e. The Labute approximate surface area is 70.5 Å². The van der Waals surface area contributed by atoms with Gasteiger partial charge in [-0.25, -0.2) is 4.79 Å². The third-order valence-electron chi connectivity index (χ3n) is 2.35. The minimum absolute atomic E-state index is 0.254. The van der Waals surface area contributed by atoms with Gasteiger partial charge in [-0.2, -0.15) is 5.48 Å². The molecule has 0 amide bonds. The van der Waals surface area contributed by atoms with E-state index in [0.717, 1.165) is 25.1 Å². The van der Waals surface area contributed by atoms with E-state index in [9.17, 15) is 4.79 Å². The molecule has 2 aliphatic rings. The Hall–Kier alpha value is -1.03. The molecule has 1 unspecified atom stereocenters. The van der Waals surface area contributed by atoms with Gasteiger partial charge in [-0.1, -0.05) is 0 Å². The molecule has 1 heterocycles. The van der Waals surface area contributed by atoms with E-state index >= 15 is 0 Å². The molecule has 0 aromatic rings. The molecule has 1 N–H and O–H groups in total. The van der Waals surface area contributed by atoms with Gasteiger partial charge in [0.15, 0.2) is 0 Å². The van der Waals surface area contributed by atoms with Crippen molar-refractivity contribution in [2.45, 2.75) is 12.8 Å². The summed E-state index contributed by atoms with van der Waals surface area (Å²) in [5, 5.41) is 0. The van der Waals surface area contributed by atoms with Crippen LogP contribution < -0.4 is 5.48 Å². The van der Waals surface area contributed by atoms with Gasteiger partial charge in [0.1, 0.15) is 5.76 Å². The molecule has 0 radical (unpaired) electrons. The van der Waals surface area contributed by atoms with Crippen LogP contribution in [-0.2, 0) is 14.4 Å². The number of ether oxygens (including phenoxy) is 1. The van der Waals surface area contributed by atoms with E-state index in [4.69, 9.17) is 4.84 Å². The topological polar surface area (TPSA) is 47.6 Å². The molecule has 0 aromatic heterocycles. The molecule has 0 spiro atoms. The van der Waals surface area contributed by atoms with Crippen LogP contribution in [0.15, 0.2) is 11.3 Å². The van der Waals surface area contributed by atoms with E-state index < -0.39 is 0 Å². The summed E-state index contributed by atoms with van der Waals surface area (Å²) in [5.41, 5.74) is 3.47. The third kappa shape index (κ3) is 0.992. The van der Waals surface area contributed by atoms with Crippen LogP contribution in [0, 0.1) is 5.92 Å². The van der Waals surface area contributed by atoms with Crippen LogP contribution in [0.4, 0.5) is 0 Å². The first kappa shape index (κ1) is 7.61. The van der Waals surface area contributed by atoms with Crippen molar-refractivity contribution in [1.82, 2.24) is 5.48 Å². The fourth-order valence-electron chi connectivity index (χ4n) is 1.70. The lowest BCUT2D eigenvalue weighted by molar-refractivity contribution is -0.136. The molecule has 0 aromatic carbocycles. The normalized spacial score (nSPS) is 26.9. The number of nitrogens with one attached hydrogen (secondary N) is 1. The molecule has 1 aliphatic heterocycles. The lowest BCUT2D eigenvalue weighted by atomic mass is 10.1. The lowest BCUT2D eigenvalue weighted by Gasteiger charge is -2.01. The van der Waals surface area contributed by atoms with E-state index in [1.54, 1.807) is 0 Å². The van der Waals surface area contributed by atoms with Crippen molar-refractivity contribution >= 4 is 5.97 Å². The highest BCUT2D eigenvalue weighted by Crippen LogP contribution is 2.35. The van der Waals surface area contributed by atoms with E-state index in [2.05, 4.69) is 10.2 Å². The molecule has 66 valence electrons. The number of carbonyl (C=O) groups excluding carboxylic acids is 1. The number of esters is 1. The minimum atomic E-state index is -0.254. The van der Waals surface area contributed by atoms with E-state index in [1.807, 2.05) is 0 Å². The third-order valence-corrected chi connectivity index (χ3v) is 2.35. The number of fused-ring (bicyclic) bond motifs is 1. The van der Waals surface area contributed by atoms with E-state index in [0.29, 0.717) is 11.5 Å². The summed E-state index contributed by atoms with van der Waals surface area (Å²) >= 11 is 0. The van der Waals surface area contributed by atoms with Crippen LogP contribution in [0.25, 0.3) is 0 Å². The van der Waals surface area contributed by atoms with Gasteiger partial charge in [0.05, 0.1) is 12.7 Å². The second kappa shape index (κ2) is 2.79. The van der Waals surface area contributed by atoms with Gasteiger partial charge in [-0.15, -0.1) is 0 Å². The lowest BCUT2D eigenvalue weighted by Crippen LogP contribution is -2.08. The van der Waals surface area contributed by atoms with Gasteiger partial charge >= 0.3 is 5.97 Å². The number of hydroxylamine groups is 1. The number of rotatable bonds is 1. The molecule has 4 heteroatoms. The SMILES string of the molecule is COC(=O)C1=C2ONCC2CC1. The predicted octanol–water partition coefficient (Wildman–Crippen LogP) is 0.358. The Morgan fingerprint density at radius 3 is 3.33 bits per heavy atom. The van der Waals surface area contributed by atoms with Crippen molar-refractivity contribution in [2.75, 3.05) is 13.7 Å². The largest absolute Gasteiger partial charge is 0.466 e. The zero-order valence-corrected chi connectivity index (χ0v) is 6.92. The molecule has 2 rings (SSSR count). The van der Waals surface area contributed by atoms with E-state index in [1.165, 1.54) is 7.11 Å². The number of methoxy groups -OCH3 is 1. The van der Waals surface area contributed by atoms with Crippen LogP contribution in [-0.4, -0.2) is 19.6 Å². The second-order valence-corrected chi connectivity index (χ2v) is 3.02. The molecular weight excluding hydrogens is 158 g/mol. The summed E-state index contributed by atoms with van der Waals surface area (Å²) in [6.07, 6.45) is 1.78. The van der Waals surface area contributed by atoms with Gasteiger partial charge < -0.3 is 9.57 Å². The molecule has 1 fully saturated rings. The Morgan fingerprint density at radius 1 is 1.75 bits per heavy atom. The first-order valence-corrected chi connectivity index (χ1v) is 4.04. The molecule has 12 heavy (non-hydrogen) atoms. The monoisotopic (exact) mass is 169 g/mol. The molecule has 1 aliphatic carbocycles. The number of hydrogen-bond acceptors (Lipinski definition) is 4. The van der Waals surface area contributed by atoms with Crippen LogP contribution in [0.3, 0.4) is 0 Å². The van der Waals surface area contributed by atoms with Crippen molar-refractivity contribution in [1.29, 1.82) is 0 Å². The highest BCUT2D eigenvalue weighted by Gasteiger charge is 2.35. The number of carbonyl (C=O) groups is 1. The second-order valence-electron chi connectivity index (χ2n) is 3.02. The van der Waals surface area contributed by atoms with Crippen molar-refractivity contribution in [3.63, 3.8) is 0 Å². The van der Waals surface area contributed by atoms with Crippen LogP contribution >= 0.6 is 0 Å². The maximum atomic E-state index is 11.2. The quantitative estimate of drug-likeness (QED) is 0.576. The first-order valence-electron chi connectivity index (χ1n) is 4.04. The maximum absolute atomic E-state index is 11.2. The van der Waals surface area contributed by atoms with Gasteiger partial charge in [-0.3, -0.25) is 0 Å². The summed E-state index contributed by atoms with van der Waals surface area (Å²) < 4.78 is 4.64. The van der Waals surface area contributed by atoms with Crippen LogP contribution in [0.1, 0.15) is 12.8 Å². The van der Waals surface area contributed by atoms with Gasteiger partial charge in [0, 0.05) is 12.5 Å². The number of hydrogen-bond donors (Lipinski definition) is 1. The highest BCUT2D eigenvalue weighted by atomic mass is 16.7. The summed E-state index contributed by atoms with van der Waals surface area (Å²) in [4.78, 5) is 16.3. The fourth-order valence-corrected chi connectivity index (χ4v) is 1.70. The van der Waals surface area contributed by atoms with Crippen LogP contribution in [0.2, 0.25) is 0 Å². The highest BCUT2D eigenvalue weighted by molar-refractivity contribution is 5.89. The molecule has 1 saturated heterocycles. The van der Waals surface area contributed by atoms with Crippen molar-refractivity contribution in [3.8, 4) is 0 Å². The molecule has 0 saturated carbocycles. The Morgan fingerprint density at radius 2 is 2.58 bits per heavy atom. The summed E-state index contributed by atoms with van der Waals surface area (Å²) in [7, 11) is 1.39. The maximum Gasteiger partial charge on any atom is 0.337 e. The fraction of sp³-hybridized carbons (Fsp3) is 0.625. The molecule has 0 bridgehead atoms. The van der Waals surface area contributed by atoms with Gasteiger partial charge in [-0.05, 0) is 12.8 Å². The van der Waals surface area contributed by atoms with E-state index in [-0.39, 0.29) is 5.97 Å². The summed E-state index contributed by atoms with van der Waals surface area (Å²) in [6.45, 7) is 0.815. The summed E-state index contributed by atoms with van der Waals surface area (Å²) in [5.74, 6) is 0.928. The van der Waals surface area contributed by atoms with Crippen molar-refractivity contribution in [2.24, 2.45) is 5.92 Å². The smallest absolute Gasteiger partial charge is 0.337 e. The molecule has 4 nitrogen and oxygen atoms in total. The first-order chi connectivity index (χ1) is 5.83. The average molecular weight is 169 g/mol. The zero-order chi connectivity index (χ0) is 8.55.